The summed E-state index contributed by atoms with van der Waals surface area (Å²) in [6.07, 6.45) is -0.398. The summed E-state index contributed by atoms with van der Waals surface area (Å²) in [5.41, 5.74) is 1.58. The first-order valence-corrected chi connectivity index (χ1v) is 7.03. The van der Waals surface area contributed by atoms with Crippen LogP contribution < -0.4 is 0 Å². The highest BCUT2D eigenvalue weighted by molar-refractivity contribution is 9.10. The maximum absolute atomic E-state index is 13.0. The third-order valence-corrected chi connectivity index (χ3v) is 3.94. The summed E-state index contributed by atoms with van der Waals surface area (Å²) in [5, 5.41) is 11.2. The molecule has 0 spiro atoms. The molecule has 1 N–H and O–H groups in total. The van der Waals surface area contributed by atoms with Crippen molar-refractivity contribution in [3.63, 3.8) is 0 Å². The van der Waals surface area contributed by atoms with Crippen molar-refractivity contribution in [1.82, 2.24) is 0 Å². The standard InChI is InChI=1S/C16H12BrFO2/c17-13-9-12(18)6-5-10(13)7-14(19)16-8-11-3-1-2-4-15(11)20-16/h1-6,8-9,14,19H,7H2. The highest BCUT2D eigenvalue weighted by atomic mass is 79.9. The molecule has 0 amide bonds. The van der Waals surface area contributed by atoms with Gasteiger partial charge in [0, 0.05) is 16.3 Å². The minimum Gasteiger partial charge on any atom is -0.458 e. The number of furan rings is 1. The molecule has 0 bridgehead atoms. The van der Waals surface area contributed by atoms with Gasteiger partial charge < -0.3 is 9.52 Å². The summed E-state index contributed by atoms with van der Waals surface area (Å²) >= 11 is 3.30. The molecule has 2 aromatic carbocycles. The van der Waals surface area contributed by atoms with E-state index in [-0.39, 0.29) is 5.82 Å². The first-order valence-electron chi connectivity index (χ1n) is 6.24. The highest BCUT2D eigenvalue weighted by Gasteiger charge is 2.15. The Bertz CT molecular complexity index is 718. The van der Waals surface area contributed by atoms with Crippen molar-refractivity contribution in [3.05, 3.63) is 70.1 Å². The molecule has 3 rings (SSSR count). The molecule has 1 unspecified atom stereocenters. The van der Waals surface area contributed by atoms with Crippen molar-refractivity contribution in [2.75, 3.05) is 0 Å². The maximum Gasteiger partial charge on any atom is 0.134 e. The molecule has 102 valence electrons. The summed E-state index contributed by atoms with van der Waals surface area (Å²) < 4.78 is 19.3. The fourth-order valence-electron chi connectivity index (χ4n) is 2.16. The lowest BCUT2D eigenvalue weighted by Gasteiger charge is -2.09. The van der Waals surface area contributed by atoms with Gasteiger partial charge in [-0.3, -0.25) is 0 Å². The van der Waals surface area contributed by atoms with Gasteiger partial charge in [0.25, 0.3) is 0 Å². The molecule has 0 radical (unpaired) electrons. The van der Waals surface area contributed by atoms with E-state index in [2.05, 4.69) is 15.9 Å². The molecule has 20 heavy (non-hydrogen) atoms. The van der Waals surface area contributed by atoms with Crippen LogP contribution in [0.4, 0.5) is 4.39 Å². The van der Waals surface area contributed by atoms with Crippen molar-refractivity contribution in [2.45, 2.75) is 12.5 Å². The summed E-state index contributed by atoms with van der Waals surface area (Å²) in [4.78, 5) is 0. The highest BCUT2D eigenvalue weighted by Crippen LogP contribution is 2.28. The zero-order valence-corrected chi connectivity index (χ0v) is 12.1. The van der Waals surface area contributed by atoms with Gasteiger partial charge in [-0.05, 0) is 29.8 Å². The van der Waals surface area contributed by atoms with Gasteiger partial charge in [-0.2, -0.15) is 0 Å². The second-order valence-electron chi connectivity index (χ2n) is 4.64. The largest absolute Gasteiger partial charge is 0.458 e. The smallest absolute Gasteiger partial charge is 0.134 e. The molecule has 1 aromatic heterocycles. The number of benzene rings is 2. The van der Waals surface area contributed by atoms with Gasteiger partial charge in [0.05, 0.1) is 0 Å². The van der Waals surface area contributed by atoms with E-state index in [0.29, 0.717) is 16.7 Å². The average Bonchev–Trinajstić information content (AvgIpc) is 2.86. The van der Waals surface area contributed by atoms with E-state index in [1.54, 1.807) is 6.07 Å². The number of hydrogen-bond acceptors (Lipinski definition) is 2. The Labute approximate surface area is 124 Å². The second kappa shape index (κ2) is 5.38. The zero-order chi connectivity index (χ0) is 14.1. The third-order valence-electron chi connectivity index (χ3n) is 3.20. The van der Waals surface area contributed by atoms with Crippen LogP contribution in [0.2, 0.25) is 0 Å². The Hall–Kier alpha value is -1.65. The normalized spacial score (nSPS) is 12.8. The molecule has 0 saturated carbocycles. The van der Waals surface area contributed by atoms with Crippen LogP contribution in [0.25, 0.3) is 11.0 Å². The van der Waals surface area contributed by atoms with Crippen molar-refractivity contribution in [1.29, 1.82) is 0 Å². The van der Waals surface area contributed by atoms with E-state index in [0.717, 1.165) is 16.5 Å². The predicted octanol–water partition coefficient (Wildman–Crippen LogP) is 4.61. The Morgan fingerprint density at radius 2 is 1.95 bits per heavy atom. The fraction of sp³-hybridized carbons (Fsp3) is 0.125. The number of para-hydroxylation sites is 1. The monoisotopic (exact) mass is 334 g/mol. The van der Waals surface area contributed by atoms with E-state index in [9.17, 15) is 9.50 Å². The number of halogens is 2. The molecule has 0 aliphatic heterocycles. The lowest BCUT2D eigenvalue weighted by atomic mass is 10.1. The molecule has 4 heteroatoms. The van der Waals surface area contributed by atoms with Gasteiger partial charge >= 0.3 is 0 Å². The number of hydrogen-bond donors (Lipinski definition) is 1. The molecule has 0 aliphatic rings. The van der Waals surface area contributed by atoms with E-state index in [1.165, 1.54) is 12.1 Å². The van der Waals surface area contributed by atoms with Crippen LogP contribution in [-0.4, -0.2) is 5.11 Å². The van der Waals surface area contributed by atoms with Crippen LogP contribution in [0, 0.1) is 5.82 Å². The summed E-state index contributed by atoms with van der Waals surface area (Å²) in [6, 6.07) is 13.9. The number of aliphatic hydroxyl groups excluding tert-OH is 1. The SMILES string of the molecule is OC(Cc1ccc(F)cc1Br)c1cc2ccccc2o1. The minimum atomic E-state index is -0.760. The van der Waals surface area contributed by atoms with Crippen molar-refractivity contribution in [3.8, 4) is 0 Å². The van der Waals surface area contributed by atoms with Gasteiger partial charge in [-0.15, -0.1) is 0 Å². The second-order valence-corrected chi connectivity index (χ2v) is 5.50. The molecular weight excluding hydrogens is 323 g/mol. The molecule has 1 heterocycles. The zero-order valence-electron chi connectivity index (χ0n) is 10.5. The van der Waals surface area contributed by atoms with Crippen LogP contribution in [0.15, 0.2) is 57.4 Å². The van der Waals surface area contributed by atoms with E-state index in [1.807, 2.05) is 30.3 Å². The van der Waals surface area contributed by atoms with E-state index in [4.69, 9.17) is 4.42 Å². The summed E-state index contributed by atoms with van der Waals surface area (Å²) in [7, 11) is 0. The molecule has 2 nitrogen and oxygen atoms in total. The first-order chi connectivity index (χ1) is 9.63. The summed E-state index contributed by atoms with van der Waals surface area (Å²) in [6.45, 7) is 0. The average molecular weight is 335 g/mol. The minimum absolute atomic E-state index is 0.307. The van der Waals surface area contributed by atoms with Gasteiger partial charge in [-0.1, -0.05) is 40.2 Å². The Kier molecular flexibility index (Phi) is 3.59. The third kappa shape index (κ3) is 2.62. The Morgan fingerprint density at radius 3 is 2.70 bits per heavy atom. The predicted molar refractivity (Wildman–Crippen MR) is 79.0 cm³/mol. The molecular formula is C16H12BrFO2. The van der Waals surface area contributed by atoms with Crippen molar-refractivity contribution < 1.29 is 13.9 Å². The quantitative estimate of drug-likeness (QED) is 0.758. The van der Waals surface area contributed by atoms with Crippen LogP contribution >= 0.6 is 15.9 Å². The Morgan fingerprint density at radius 1 is 1.15 bits per heavy atom. The molecule has 3 aromatic rings. The lowest BCUT2D eigenvalue weighted by molar-refractivity contribution is 0.152. The van der Waals surface area contributed by atoms with Crippen LogP contribution in [-0.2, 0) is 6.42 Å². The first kappa shape index (κ1) is 13.3. The van der Waals surface area contributed by atoms with E-state index >= 15 is 0 Å². The van der Waals surface area contributed by atoms with Crippen molar-refractivity contribution in [2.24, 2.45) is 0 Å². The molecule has 0 aliphatic carbocycles. The van der Waals surface area contributed by atoms with Crippen molar-refractivity contribution >= 4 is 26.9 Å². The fourth-order valence-corrected chi connectivity index (χ4v) is 2.68. The number of aliphatic hydroxyl groups is 1. The number of rotatable bonds is 3. The van der Waals surface area contributed by atoms with Gasteiger partial charge in [-0.25, -0.2) is 4.39 Å². The lowest BCUT2D eigenvalue weighted by Crippen LogP contribution is -2.01. The molecule has 0 saturated heterocycles. The summed E-state index contributed by atoms with van der Waals surface area (Å²) in [5.74, 6) is 0.210. The topological polar surface area (TPSA) is 33.4 Å². The van der Waals surface area contributed by atoms with Crippen LogP contribution in [0.3, 0.4) is 0 Å². The number of fused-ring (bicyclic) bond motifs is 1. The van der Waals surface area contributed by atoms with Gasteiger partial charge in [0.1, 0.15) is 23.3 Å². The van der Waals surface area contributed by atoms with Gasteiger partial charge in [0.15, 0.2) is 0 Å². The molecule has 1 atom stereocenters. The van der Waals surface area contributed by atoms with Crippen LogP contribution in [0.5, 0.6) is 0 Å². The molecule has 0 fully saturated rings. The Balaban J connectivity index is 1.86. The maximum atomic E-state index is 13.0. The van der Waals surface area contributed by atoms with E-state index < -0.39 is 6.10 Å². The van der Waals surface area contributed by atoms with Crippen LogP contribution in [0.1, 0.15) is 17.4 Å². The van der Waals surface area contributed by atoms with Gasteiger partial charge in [0.2, 0.25) is 0 Å².